The molecule has 2 aromatic heterocycles. The van der Waals surface area contributed by atoms with Crippen LogP contribution < -0.4 is 21.5 Å². The number of nitrogens with two attached hydrogens (primary N) is 2. The smallest absolute Gasteiger partial charge is 0.253 e. The molecule has 11 heteroatoms. The van der Waals surface area contributed by atoms with Crippen LogP contribution in [0.2, 0.25) is 0 Å². The van der Waals surface area contributed by atoms with Crippen molar-refractivity contribution in [2.75, 3.05) is 20.1 Å². The number of hydrogen-bond acceptors (Lipinski definition) is 6. The highest BCUT2D eigenvalue weighted by atomic mass is 16.5. The molecule has 0 unspecified atom stereocenters. The molecule has 0 radical (unpaired) electrons. The first-order valence-electron chi connectivity index (χ1n) is 14.7. The van der Waals surface area contributed by atoms with Crippen LogP contribution in [-0.4, -0.2) is 57.3 Å². The Bertz CT molecular complexity index is 1790. The number of nitrogens with zero attached hydrogens (tertiary/aromatic N) is 4. The second-order valence-corrected chi connectivity index (χ2v) is 10.7. The van der Waals surface area contributed by atoms with Crippen LogP contribution >= 0.6 is 0 Å². The fraction of sp³-hybridized carbons (Fsp3) is 0.206. The largest absolute Gasteiger partial charge is 0.457 e. The van der Waals surface area contributed by atoms with Crippen molar-refractivity contribution in [1.29, 1.82) is 5.41 Å². The van der Waals surface area contributed by atoms with Crippen LogP contribution in [-0.2, 0) is 11.2 Å². The minimum Gasteiger partial charge on any atom is -0.457 e. The van der Waals surface area contributed by atoms with Crippen molar-refractivity contribution < 1.29 is 14.3 Å². The number of aromatic nitrogens is 3. The van der Waals surface area contributed by atoms with Crippen LogP contribution in [0.15, 0.2) is 97.2 Å². The number of ether oxygens (including phenoxy) is 1. The zero-order chi connectivity index (χ0) is 31.8. The Hall–Kier alpha value is -5.71. The van der Waals surface area contributed by atoms with Crippen molar-refractivity contribution in [3.05, 3.63) is 108 Å². The number of amides is 2. The number of para-hydroxylation sites is 1. The van der Waals surface area contributed by atoms with Gasteiger partial charge in [-0.05, 0) is 67.4 Å². The lowest BCUT2D eigenvalue weighted by Crippen LogP contribution is -2.32. The van der Waals surface area contributed by atoms with Crippen molar-refractivity contribution in [3.63, 3.8) is 0 Å². The number of hydrogen-bond donors (Lipinski definition) is 4. The lowest BCUT2D eigenvalue weighted by atomic mass is 10.1. The Labute approximate surface area is 261 Å². The number of imidazole rings is 1. The number of nitrogens with one attached hydrogen (secondary N) is 2. The van der Waals surface area contributed by atoms with Crippen LogP contribution in [0.4, 0.5) is 0 Å². The molecule has 0 saturated carbocycles. The van der Waals surface area contributed by atoms with Crippen LogP contribution in [0, 0.1) is 5.41 Å². The summed E-state index contributed by atoms with van der Waals surface area (Å²) in [5.41, 5.74) is 14.7. The molecule has 0 aliphatic carbocycles. The molecule has 230 valence electrons. The Kier molecular flexibility index (Phi) is 9.68. The molecular weight excluding hydrogens is 568 g/mol. The van der Waals surface area contributed by atoms with Gasteiger partial charge in [-0.1, -0.05) is 36.4 Å². The van der Waals surface area contributed by atoms with Gasteiger partial charge in [0.2, 0.25) is 5.91 Å². The zero-order valence-corrected chi connectivity index (χ0v) is 25.0. The molecule has 45 heavy (non-hydrogen) atoms. The Morgan fingerprint density at radius 1 is 0.978 bits per heavy atom. The van der Waals surface area contributed by atoms with E-state index < -0.39 is 11.9 Å². The number of likely N-dealkylation sites (N-methyl/N-ethyl adjacent to an activating group) is 1. The van der Waals surface area contributed by atoms with E-state index in [0.717, 1.165) is 5.69 Å². The topological polar surface area (TPSA) is 165 Å². The van der Waals surface area contributed by atoms with E-state index in [-0.39, 0.29) is 11.9 Å². The predicted octanol–water partition coefficient (Wildman–Crippen LogP) is 4.49. The number of pyridine rings is 1. The minimum atomic E-state index is -0.750. The molecule has 0 aliphatic heterocycles. The van der Waals surface area contributed by atoms with Gasteiger partial charge in [-0.3, -0.25) is 20.0 Å². The minimum absolute atomic E-state index is 0.142. The molecular formula is C34H36N8O3. The standard InChI is InChI=1S/C34H36N8O3/c1-41(20-17-25-10-5-6-18-38-25)33(44)24-15-16-29-28(22-24)40-32(42(29)30(31(35)43)14-8-19-39-34(36)37)23-9-7-13-27(21-23)45-26-11-3-2-4-12-26/h2-7,9-13,15-16,18,21-22,30H,8,14,17,19-20H2,1H3,(H2,35,43)(H4,36,37,39)/t30-/m0/s1. The summed E-state index contributed by atoms with van der Waals surface area (Å²) in [5.74, 6) is 0.987. The first-order chi connectivity index (χ1) is 21.8. The highest BCUT2D eigenvalue weighted by Crippen LogP contribution is 2.33. The van der Waals surface area contributed by atoms with Gasteiger partial charge in [0.05, 0.1) is 11.0 Å². The maximum atomic E-state index is 13.4. The van der Waals surface area contributed by atoms with E-state index in [4.69, 9.17) is 26.6 Å². The number of guanidine groups is 1. The molecule has 2 amide bonds. The molecule has 5 rings (SSSR count). The maximum Gasteiger partial charge on any atom is 0.253 e. The Balaban J connectivity index is 1.50. The van der Waals surface area contributed by atoms with Crippen molar-refractivity contribution >= 4 is 28.8 Å². The maximum absolute atomic E-state index is 13.4. The summed E-state index contributed by atoms with van der Waals surface area (Å²) in [4.78, 5) is 37.3. The van der Waals surface area contributed by atoms with Gasteiger partial charge in [0.25, 0.3) is 5.91 Å². The zero-order valence-electron chi connectivity index (χ0n) is 25.0. The summed E-state index contributed by atoms with van der Waals surface area (Å²) in [5, 5.41) is 10.2. The second kappa shape index (κ2) is 14.2. The molecule has 0 spiro atoms. The molecule has 0 aliphatic rings. The van der Waals surface area contributed by atoms with Gasteiger partial charge >= 0.3 is 0 Å². The summed E-state index contributed by atoms with van der Waals surface area (Å²) in [7, 11) is 1.76. The van der Waals surface area contributed by atoms with Crippen molar-refractivity contribution in [2.24, 2.45) is 11.5 Å². The highest BCUT2D eigenvalue weighted by Gasteiger charge is 2.25. The number of rotatable bonds is 13. The van der Waals surface area contributed by atoms with Gasteiger partial charge in [0.1, 0.15) is 23.4 Å². The van der Waals surface area contributed by atoms with E-state index in [2.05, 4.69) is 10.3 Å². The summed E-state index contributed by atoms with van der Waals surface area (Å²) >= 11 is 0. The first-order valence-corrected chi connectivity index (χ1v) is 14.7. The van der Waals surface area contributed by atoms with Crippen LogP contribution in [0.3, 0.4) is 0 Å². The molecule has 1 atom stereocenters. The molecule has 11 nitrogen and oxygen atoms in total. The lowest BCUT2D eigenvalue weighted by Gasteiger charge is -2.20. The van der Waals surface area contributed by atoms with Gasteiger partial charge in [-0.2, -0.15) is 0 Å². The molecule has 0 fully saturated rings. The van der Waals surface area contributed by atoms with E-state index in [9.17, 15) is 9.59 Å². The van der Waals surface area contributed by atoms with Crippen LogP contribution in [0.25, 0.3) is 22.4 Å². The summed E-state index contributed by atoms with van der Waals surface area (Å²) < 4.78 is 7.90. The van der Waals surface area contributed by atoms with E-state index in [1.807, 2.05) is 77.4 Å². The molecule has 6 N–H and O–H groups in total. The molecule has 0 bridgehead atoms. The van der Waals surface area contributed by atoms with E-state index in [0.29, 0.717) is 71.8 Å². The summed E-state index contributed by atoms with van der Waals surface area (Å²) in [6.45, 7) is 0.908. The van der Waals surface area contributed by atoms with E-state index >= 15 is 0 Å². The quantitative estimate of drug-likeness (QED) is 0.0873. The predicted molar refractivity (Wildman–Crippen MR) is 174 cm³/mol. The third-order valence-corrected chi connectivity index (χ3v) is 7.39. The average Bonchev–Trinajstić information content (AvgIpc) is 3.42. The third kappa shape index (κ3) is 7.63. The number of primary amides is 1. The fourth-order valence-electron chi connectivity index (χ4n) is 5.14. The monoisotopic (exact) mass is 604 g/mol. The highest BCUT2D eigenvalue weighted by molar-refractivity contribution is 5.98. The molecule has 0 saturated heterocycles. The van der Waals surface area contributed by atoms with Gasteiger partial charge in [-0.15, -0.1) is 0 Å². The van der Waals surface area contributed by atoms with Crippen LogP contribution in [0.1, 0.15) is 34.9 Å². The molecule has 5 aromatic rings. The van der Waals surface area contributed by atoms with E-state index in [1.165, 1.54) is 0 Å². The van der Waals surface area contributed by atoms with Crippen molar-refractivity contribution in [2.45, 2.75) is 25.3 Å². The number of carbonyl (C=O) groups excluding carboxylic acids is 2. The number of fused-ring (bicyclic) bond motifs is 1. The third-order valence-electron chi connectivity index (χ3n) is 7.39. The van der Waals surface area contributed by atoms with Gasteiger partial charge in [-0.25, -0.2) is 4.98 Å². The molecule has 3 aromatic carbocycles. The Morgan fingerprint density at radius 3 is 2.49 bits per heavy atom. The first kappa shape index (κ1) is 30.7. The van der Waals surface area contributed by atoms with Gasteiger partial charge in [0, 0.05) is 49.6 Å². The summed E-state index contributed by atoms with van der Waals surface area (Å²) in [6, 6.07) is 27.2. The normalized spacial score (nSPS) is 11.6. The lowest BCUT2D eigenvalue weighted by molar-refractivity contribution is -0.121. The van der Waals surface area contributed by atoms with Crippen molar-refractivity contribution in [3.8, 4) is 22.9 Å². The summed E-state index contributed by atoms with van der Waals surface area (Å²) in [6.07, 6.45) is 3.28. The van der Waals surface area contributed by atoms with Gasteiger partial charge < -0.3 is 31.0 Å². The Morgan fingerprint density at radius 2 is 1.76 bits per heavy atom. The van der Waals surface area contributed by atoms with Crippen LogP contribution in [0.5, 0.6) is 11.5 Å². The fourth-order valence-corrected chi connectivity index (χ4v) is 5.14. The van der Waals surface area contributed by atoms with Gasteiger partial charge in [0.15, 0.2) is 5.96 Å². The SMILES string of the molecule is CN(CCc1ccccn1)C(=O)c1ccc2c(c1)nc(-c1cccc(Oc3ccccc3)c1)n2[C@@H](CCCNC(=N)N)C(N)=O. The molecule has 2 heterocycles. The second-order valence-electron chi connectivity index (χ2n) is 10.7. The van der Waals surface area contributed by atoms with Crippen molar-refractivity contribution in [1.82, 2.24) is 24.8 Å². The number of carbonyl (C=O) groups is 2. The van der Waals surface area contributed by atoms with E-state index in [1.54, 1.807) is 36.3 Å². The average molecular weight is 605 g/mol. The number of benzene rings is 3.